The zero-order chi connectivity index (χ0) is 12.8. The van der Waals surface area contributed by atoms with Gasteiger partial charge in [-0.05, 0) is 24.5 Å². The summed E-state index contributed by atoms with van der Waals surface area (Å²) in [5.74, 6) is 1.68. The molecule has 18 heavy (non-hydrogen) atoms. The Morgan fingerprint density at radius 1 is 1.11 bits per heavy atom. The van der Waals surface area contributed by atoms with Crippen LogP contribution in [0.1, 0.15) is 48.0 Å². The lowest BCUT2D eigenvalue weighted by molar-refractivity contribution is 0.0972. The van der Waals surface area contributed by atoms with Crippen LogP contribution in [0.2, 0.25) is 0 Å². The van der Waals surface area contributed by atoms with Crippen molar-refractivity contribution in [3.05, 3.63) is 23.3 Å². The number of Topliss-reactive ketones (excluding diaryl/α,β-unsaturated/α-hetero) is 1. The maximum absolute atomic E-state index is 12.3. The van der Waals surface area contributed by atoms with E-state index < -0.39 is 0 Å². The van der Waals surface area contributed by atoms with Crippen molar-refractivity contribution in [2.45, 2.75) is 37.5 Å². The third-order valence-corrected chi connectivity index (χ3v) is 4.44. The third-order valence-electron chi connectivity index (χ3n) is 4.44. The van der Waals surface area contributed by atoms with Gasteiger partial charge in [-0.15, -0.1) is 0 Å². The summed E-state index contributed by atoms with van der Waals surface area (Å²) in [6.45, 7) is 0. The summed E-state index contributed by atoms with van der Waals surface area (Å²) in [6.07, 6.45) is 5.30. The van der Waals surface area contributed by atoms with E-state index in [1.807, 2.05) is 12.1 Å². The van der Waals surface area contributed by atoms with Crippen LogP contribution in [0.5, 0.6) is 11.5 Å². The topological polar surface area (TPSA) is 35.5 Å². The van der Waals surface area contributed by atoms with Crippen LogP contribution in [-0.4, -0.2) is 20.0 Å². The number of hydrogen-bond donors (Lipinski definition) is 0. The summed E-state index contributed by atoms with van der Waals surface area (Å²) in [6, 6.07) is 3.85. The Morgan fingerprint density at radius 2 is 1.83 bits per heavy atom. The molecule has 1 aromatic carbocycles. The Labute approximate surface area is 107 Å². The van der Waals surface area contributed by atoms with E-state index in [1.54, 1.807) is 14.2 Å². The Kier molecular flexibility index (Phi) is 2.58. The molecule has 1 spiro atoms. The second kappa shape index (κ2) is 4.01. The molecule has 3 nitrogen and oxygen atoms in total. The van der Waals surface area contributed by atoms with Gasteiger partial charge < -0.3 is 9.47 Å². The fourth-order valence-corrected chi connectivity index (χ4v) is 3.56. The van der Waals surface area contributed by atoms with Gasteiger partial charge in [-0.25, -0.2) is 0 Å². The van der Waals surface area contributed by atoms with Crippen LogP contribution < -0.4 is 9.47 Å². The molecule has 0 atom stereocenters. The number of ether oxygens (including phenoxy) is 2. The van der Waals surface area contributed by atoms with E-state index in [2.05, 4.69) is 0 Å². The Balaban J connectivity index is 2.21. The first kappa shape index (κ1) is 11.6. The molecule has 1 saturated carbocycles. The SMILES string of the molecule is COc1cc(OC)c2c(c1)C1(CCCC1)CC2=O. The minimum Gasteiger partial charge on any atom is -0.497 e. The number of hydrogen-bond acceptors (Lipinski definition) is 3. The van der Waals surface area contributed by atoms with Crippen molar-refractivity contribution >= 4 is 5.78 Å². The standard InChI is InChI=1S/C15H18O3/c1-17-10-7-11-14(13(8-10)18-2)12(16)9-15(11)5-3-4-6-15/h7-8H,3-6,9H2,1-2H3. The summed E-state index contributed by atoms with van der Waals surface area (Å²) >= 11 is 0. The average Bonchev–Trinajstić information content (AvgIpc) is 2.96. The molecule has 0 N–H and O–H groups in total. The molecule has 0 radical (unpaired) electrons. The third kappa shape index (κ3) is 1.46. The maximum Gasteiger partial charge on any atom is 0.167 e. The van der Waals surface area contributed by atoms with Crippen molar-refractivity contribution in [3.63, 3.8) is 0 Å². The quantitative estimate of drug-likeness (QED) is 0.804. The van der Waals surface area contributed by atoms with Gasteiger partial charge in [-0.1, -0.05) is 12.8 Å². The number of carbonyl (C=O) groups excluding carboxylic acids is 1. The van der Waals surface area contributed by atoms with Gasteiger partial charge in [0.15, 0.2) is 5.78 Å². The fraction of sp³-hybridized carbons (Fsp3) is 0.533. The molecule has 0 bridgehead atoms. The van der Waals surface area contributed by atoms with Gasteiger partial charge in [-0.3, -0.25) is 4.79 Å². The van der Waals surface area contributed by atoms with Gasteiger partial charge in [0.25, 0.3) is 0 Å². The molecular weight excluding hydrogens is 228 g/mol. The van der Waals surface area contributed by atoms with Crippen LogP contribution in [0.3, 0.4) is 0 Å². The lowest BCUT2D eigenvalue weighted by Crippen LogP contribution is -2.18. The Hall–Kier alpha value is -1.51. The van der Waals surface area contributed by atoms with Crippen LogP contribution in [0.25, 0.3) is 0 Å². The molecule has 2 aliphatic rings. The van der Waals surface area contributed by atoms with Crippen LogP contribution >= 0.6 is 0 Å². The van der Waals surface area contributed by atoms with Crippen molar-refractivity contribution in [2.75, 3.05) is 14.2 Å². The first-order valence-corrected chi connectivity index (χ1v) is 6.50. The van der Waals surface area contributed by atoms with Gasteiger partial charge in [0.1, 0.15) is 11.5 Å². The first-order chi connectivity index (χ1) is 8.70. The fourth-order valence-electron chi connectivity index (χ4n) is 3.56. The zero-order valence-corrected chi connectivity index (χ0v) is 10.9. The highest BCUT2D eigenvalue weighted by Gasteiger charge is 2.46. The predicted molar refractivity (Wildman–Crippen MR) is 68.6 cm³/mol. The number of benzene rings is 1. The number of ketones is 1. The molecule has 0 saturated heterocycles. The molecule has 0 aliphatic heterocycles. The highest BCUT2D eigenvalue weighted by Crippen LogP contribution is 2.53. The first-order valence-electron chi connectivity index (χ1n) is 6.50. The Bertz CT molecular complexity index is 499. The van der Waals surface area contributed by atoms with Gasteiger partial charge in [-0.2, -0.15) is 0 Å². The molecule has 3 heteroatoms. The second-order valence-electron chi connectivity index (χ2n) is 5.34. The summed E-state index contributed by atoms with van der Waals surface area (Å²) in [4.78, 5) is 12.3. The number of carbonyl (C=O) groups is 1. The maximum atomic E-state index is 12.3. The smallest absolute Gasteiger partial charge is 0.167 e. The van der Waals surface area contributed by atoms with Crippen molar-refractivity contribution in [2.24, 2.45) is 0 Å². The summed E-state index contributed by atoms with van der Waals surface area (Å²) in [7, 11) is 3.27. The van der Waals surface area contributed by atoms with Gasteiger partial charge in [0, 0.05) is 17.9 Å². The van der Waals surface area contributed by atoms with Gasteiger partial charge >= 0.3 is 0 Å². The second-order valence-corrected chi connectivity index (χ2v) is 5.34. The molecule has 1 aromatic rings. The molecule has 3 rings (SSSR count). The monoisotopic (exact) mass is 246 g/mol. The van der Waals surface area contributed by atoms with Crippen LogP contribution in [0.4, 0.5) is 0 Å². The largest absolute Gasteiger partial charge is 0.497 e. The van der Waals surface area contributed by atoms with E-state index in [1.165, 1.54) is 12.8 Å². The van der Waals surface area contributed by atoms with Gasteiger partial charge in [0.2, 0.25) is 0 Å². The summed E-state index contributed by atoms with van der Waals surface area (Å²) < 4.78 is 10.7. The number of fused-ring (bicyclic) bond motifs is 2. The van der Waals surface area contributed by atoms with Crippen LogP contribution in [-0.2, 0) is 5.41 Å². The average molecular weight is 246 g/mol. The van der Waals surface area contributed by atoms with Crippen molar-refractivity contribution in [1.29, 1.82) is 0 Å². The molecule has 1 fully saturated rings. The van der Waals surface area contributed by atoms with E-state index in [-0.39, 0.29) is 11.2 Å². The summed E-state index contributed by atoms with van der Waals surface area (Å²) in [5.41, 5.74) is 2.01. The molecular formula is C15H18O3. The van der Waals surface area contributed by atoms with Crippen molar-refractivity contribution < 1.29 is 14.3 Å². The lowest BCUT2D eigenvalue weighted by Gasteiger charge is -2.23. The predicted octanol–water partition coefficient (Wildman–Crippen LogP) is 3.10. The lowest BCUT2D eigenvalue weighted by atomic mass is 9.80. The minimum absolute atomic E-state index is 0.0637. The molecule has 0 unspecified atom stereocenters. The molecule has 0 heterocycles. The van der Waals surface area contributed by atoms with Crippen molar-refractivity contribution in [3.8, 4) is 11.5 Å². The highest BCUT2D eigenvalue weighted by molar-refractivity contribution is 6.05. The van der Waals surface area contributed by atoms with E-state index in [4.69, 9.17) is 9.47 Å². The highest BCUT2D eigenvalue weighted by atomic mass is 16.5. The minimum atomic E-state index is 0.0637. The molecule has 2 aliphatic carbocycles. The normalized spacial score (nSPS) is 20.2. The van der Waals surface area contributed by atoms with Crippen LogP contribution in [0, 0.1) is 0 Å². The van der Waals surface area contributed by atoms with Gasteiger partial charge in [0.05, 0.1) is 19.8 Å². The number of rotatable bonds is 2. The van der Waals surface area contributed by atoms with Crippen LogP contribution in [0.15, 0.2) is 12.1 Å². The zero-order valence-electron chi connectivity index (χ0n) is 10.9. The molecule has 0 amide bonds. The van der Waals surface area contributed by atoms with E-state index in [0.717, 1.165) is 29.7 Å². The Morgan fingerprint density at radius 3 is 2.44 bits per heavy atom. The number of methoxy groups -OCH3 is 2. The van der Waals surface area contributed by atoms with Crippen molar-refractivity contribution in [1.82, 2.24) is 0 Å². The van der Waals surface area contributed by atoms with E-state index in [0.29, 0.717) is 12.2 Å². The van der Waals surface area contributed by atoms with E-state index >= 15 is 0 Å². The molecule has 0 aromatic heterocycles. The summed E-state index contributed by atoms with van der Waals surface area (Å²) in [5, 5.41) is 0. The van der Waals surface area contributed by atoms with E-state index in [9.17, 15) is 4.79 Å². The molecule has 96 valence electrons.